The van der Waals surface area contributed by atoms with Crippen molar-refractivity contribution in [3.05, 3.63) is 0 Å². The molecule has 4 fully saturated rings. The summed E-state index contributed by atoms with van der Waals surface area (Å²) in [5.74, 6) is 5.34. The maximum atomic E-state index is 3.69. The fourth-order valence-corrected chi connectivity index (χ4v) is 5.79. The molecule has 104 valence electrons. The van der Waals surface area contributed by atoms with Crippen LogP contribution in [0.1, 0.15) is 59.8 Å². The fraction of sp³-hybridized carbons (Fsp3) is 1.00. The van der Waals surface area contributed by atoms with Gasteiger partial charge >= 0.3 is 0 Å². The van der Waals surface area contributed by atoms with Gasteiger partial charge in [-0.05, 0) is 67.1 Å². The molecular weight excluding hydrogens is 218 g/mol. The molecule has 0 radical (unpaired) electrons. The maximum Gasteiger partial charge on any atom is 0.00106 e. The third kappa shape index (κ3) is 2.24. The van der Waals surface area contributed by atoms with Crippen molar-refractivity contribution >= 4 is 0 Å². The van der Waals surface area contributed by atoms with Crippen LogP contribution in [0.2, 0.25) is 0 Å². The molecule has 1 N–H and O–H groups in total. The summed E-state index contributed by atoms with van der Waals surface area (Å²) in [5, 5.41) is 3.69. The van der Waals surface area contributed by atoms with E-state index in [1.54, 1.807) is 32.1 Å². The summed E-state index contributed by atoms with van der Waals surface area (Å²) < 4.78 is 0. The quantitative estimate of drug-likeness (QED) is 0.791. The fourth-order valence-electron chi connectivity index (χ4n) is 5.79. The lowest BCUT2D eigenvalue weighted by Gasteiger charge is -2.59. The highest BCUT2D eigenvalue weighted by Crippen LogP contribution is 2.60. The molecule has 0 unspecified atom stereocenters. The van der Waals surface area contributed by atoms with E-state index < -0.39 is 0 Å². The second kappa shape index (κ2) is 4.51. The van der Waals surface area contributed by atoms with Crippen LogP contribution < -0.4 is 5.32 Å². The highest BCUT2D eigenvalue weighted by atomic mass is 14.9. The van der Waals surface area contributed by atoms with Crippen LogP contribution in [0.3, 0.4) is 0 Å². The van der Waals surface area contributed by atoms with Crippen LogP contribution >= 0.6 is 0 Å². The summed E-state index contributed by atoms with van der Waals surface area (Å²) in [5.41, 5.74) is 0.493. The van der Waals surface area contributed by atoms with Crippen LogP contribution in [-0.2, 0) is 0 Å². The highest BCUT2D eigenvalue weighted by Gasteiger charge is 2.52. The lowest BCUT2D eigenvalue weighted by molar-refractivity contribution is -0.0860. The third-order valence-corrected chi connectivity index (χ3v) is 6.10. The lowest BCUT2D eigenvalue weighted by Crippen LogP contribution is -2.53. The smallest absolute Gasteiger partial charge is 0.00106 e. The normalized spacial score (nSPS) is 42.8. The van der Waals surface area contributed by atoms with Gasteiger partial charge in [-0.3, -0.25) is 0 Å². The molecule has 0 aliphatic heterocycles. The van der Waals surface area contributed by atoms with E-state index in [4.69, 9.17) is 0 Å². The minimum atomic E-state index is 0.493. The first-order valence-electron chi connectivity index (χ1n) is 8.19. The predicted octanol–water partition coefficient (Wildman–Crippen LogP) is 4.08. The number of nitrogens with one attached hydrogen (secondary N) is 1. The molecule has 4 bridgehead atoms. The molecule has 4 aliphatic carbocycles. The Kier molecular flexibility index (Phi) is 3.25. The first-order chi connectivity index (χ1) is 8.45. The van der Waals surface area contributed by atoms with E-state index in [-0.39, 0.29) is 0 Å². The topological polar surface area (TPSA) is 12.0 Å². The Hall–Kier alpha value is -0.0400. The molecule has 0 heterocycles. The van der Waals surface area contributed by atoms with E-state index in [1.165, 1.54) is 6.54 Å². The Labute approximate surface area is 113 Å². The van der Waals surface area contributed by atoms with Crippen molar-refractivity contribution in [1.82, 2.24) is 5.32 Å². The molecule has 0 aromatic heterocycles. The molecule has 0 amide bonds. The van der Waals surface area contributed by atoms with E-state index in [0.29, 0.717) is 11.5 Å². The molecular formula is C17H31N. The van der Waals surface area contributed by atoms with Crippen LogP contribution in [0.15, 0.2) is 0 Å². The first kappa shape index (κ1) is 13.0. The van der Waals surface area contributed by atoms with Gasteiger partial charge in [-0.1, -0.05) is 27.7 Å². The van der Waals surface area contributed by atoms with Crippen molar-refractivity contribution in [1.29, 1.82) is 0 Å². The molecule has 4 aliphatic rings. The Bertz CT molecular complexity index is 277. The number of hydrogen-bond acceptors (Lipinski definition) is 1. The zero-order valence-electron chi connectivity index (χ0n) is 12.7. The molecule has 0 aromatic rings. The molecule has 0 atom stereocenters. The highest BCUT2D eigenvalue weighted by molar-refractivity contribution is 5.02. The SMILES string of the molecule is CC(C)NCC(C)(C)C1C2CC3CC(C2)CC1C3. The van der Waals surface area contributed by atoms with Gasteiger partial charge in [0.15, 0.2) is 0 Å². The van der Waals surface area contributed by atoms with Crippen LogP contribution in [0.4, 0.5) is 0 Å². The molecule has 0 spiro atoms. The molecule has 0 aromatic carbocycles. The minimum absolute atomic E-state index is 0.493. The zero-order chi connectivity index (χ0) is 12.9. The standard InChI is InChI=1S/C17H31N/c1-11(2)18-10-17(3,4)16-14-6-12-5-13(8-14)9-15(16)7-12/h11-16,18H,5-10H2,1-4H3. The van der Waals surface area contributed by atoms with Crippen LogP contribution in [0, 0.1) is 35.0 Å². The average Bonchev–Trinajstić information content (AvgIpc) is 2.24. The van der Waals surface area contributed by atoms with Gasteiger partial charge in [-0.2, -0.15) is 0 Å². The summed E-state index contributed by atoms with van der Waals surface area (Å²) in [6.45, 7) is 10.8. The van der Waals surface area contributed by atoms with Gasteiger partial charge in [0.25, 0.3) is 0 Å². The third-order valence-electron chi connectivity index (χ3n) is 6.10. The second-order valence-corrected chi connectivity index (χ2v) is 8.48. The van der Waals surface area contributed by atoms with Gasteiger partial charge in [-0.25, -0.2) is 0 Å². The molecule has 1 heteroatoms. The van der Waals surface area contributed by atoms with Crippen molar-refractivity contribution in [3.63, 3.8) is 0 Å². The van der Waals surface area contributed by atoms with Gasteiger partial charge in [0, 0.05) is 12.6 Å². The first-order valence-corrected chi connectivity index (χ1v) is 8.19. The Morgan fingerprint density at radius 2 is 1.44 bits per heavy atom. The van der Waals surface area contributed by atoms with Crippen molar-refractivity contribution in [3.8, 4) is 0 Å². The van der Waals surface area contributed by atoms with Gasteiger partial charge in [0.05, 0.1) is 0 Å². The van der Waals surface area contributed by atoms with Crippen molar-refractivity contribution in [2.24, 2.45) is 35.0 Å². The Morgan fingerprint density at radius 1 is 0.944 bits per heavy atom. The molecule has 4 rings (SSSR count). The number of rotatable bonds is 4. The van der Waals surface area contributed by atoms with Crippen LogP contribution in [0.25, 0.3) is 0 Å². The molecule has 4 saturated carbocycles. The molecule has 1 nitrogen and oxygen atoms in total. The van der Waals surface area contributed by atoms with E-state index in [9.17, 15) is 0 Å². The predicted molar refractivity (Wildman–Crippen MR) is 77.5 cm³/mol. The van der Waals surface area contributed by atoms with Gasteiger partial charge in [0.1, 0.15) is 0 Å². The van der Waals surface area contributed by atoms with Crippen LogP contribution in [0.5, 0.6) is 0 Å². The summed E-state index contributed by atoms with van der Waals surface area (Å²) in [4.78, 5) is 0. The summed E-state index contributed by atoms with van der Waals surface area (Å²) in [6.07, 6.45) is 7.81. The molecule has 18 heavy (non-hydrogen) atoms. The van der Waals surface area contributed by atoms with Crippen molar-refractivity contribution in [2.45, 2.75) is 65.8 Å². The van der Waals surface area contributed by atoms with Crippen molar-refractivity contribution < 1.29 is 0 Å². The largest absolute Gasteiger partial charge is 0.314 e. The van der Waals surface area contributed by atoms with Crippen molar-refractivity contribution in [2.75, 3.05) is 6.54 Å². The lowest BCUT2D eigenvalue weighted by atomic mass is 9.47. The van der Waals surface area contributed by atoms with Crippen LogP contribution in [-0.4, -0.2) is 12.6 Å². The summed E-state index contributed by atoms with van der Waals surface area (Å²) in [7, 11) is 0. The van der Waals surface area contributed by atoms with E-state index >= 15 is 0 Å². The maximum absolute atomic E-state index is 3.69. The Morgan fingerprint density at radius 3 is 1.89 bits per heavy atom. The monoisotopic (exact) mass is 249 g/mol. The van der Waals surface area contributed by atoms with E-state index in [2.05, 4.69) is 33.0 Å². The zero-order valence-corrected chi connectivity index (χ0v) is 12.7. The number of hydrogen-bond donors (Lipinski definition) is 1. The summed E-state index contributed by atoms with van der Waals surface area (Å²) >= 11 is 0. The van der Waals surface area contributed by atoms with Gasteiger partial charge in [0.2, 0.25) is 0 Å². The average molecular weight is 249 g/mol. The summed E-state index contributed by atoms with van der Waals surface area (Å²) in [6, 6.07) is 0.626. The van der Waals surface area contributed by atoms with Gasteiger partial charge in [-0.15, -0.1) is 0 Å². The van der Waals surface area contributed by atoms with E-state index in [1.807, 2.05) is 0 Å². The van der Waals surface area contributed by atoms with E-state index in [0.717, 1.165) is 29.6 Å². The second-order valence-electron chi connectivity index (χ2n) is 8.48. The van der Waals surface area contributed by atoms with Gasteiger partial charge < -0.3 is 5.32 Å². The Balaban J connectivity index is 1.71. The molecule has 0 saturated heterocycles. The minimum Gasteiger partial charge on any atom is -0.314 e.